The smallest absolute Gasteiger partial charge is 0.406 e. The van der Waals surface area contributed by atoms with Gasteiger partial charge in [0.05, 0.1) is 0 Å². The number of primary amides is 1. The summed E-state index contributed by atoms with van der Waals surface area (Å²) in [5.74, 6) is -0.422. The Bertz CT molecular complexity index is 1000. The molecule has 0 radical (unpaired) electrons. The molecule has 0 aliphatic heterocycles. The van der Waals surface area contributed by atoms with Gasteiger partial charge in [-0.2, -0.15) is 0 Å². The van der Waals surface area contributed by atoms with Gasteiger partial charge in [0, 0.05) is 12.3 Å². The van der Waals surface area contributed by atoms with Gasteiger partial charge in [0.15, 0.2) is 16.7 Å². The second-order valence-corrected chi connectivity index (χ2v) is 7.25. The Balaban J connectivity index is 1.62. The number of carbonyl (C=O) groups excluding carboxylic acids is 2. The molecule has 2 amide bonds. The Kier molecular flexibility index (Phi) is 4.92. The maximum Gasteiger partial charge on any atom is 0.406 e. The average molecular weight is 441 g/mol. The Hall–Kier alpha value is -3.06. The first kappa shape index (κ1) is 18.3. The number of furan rings is 1. The minimum absolute atomic E-state index is 0.0413. The zero-order chi connectivity index (χ0) is 19.7. The molecule has 1 atom stereocenters. The molecule has 3 N–H and O–H groups in total. The molecule has 28 heavy (non-hydrogen) atoms. The standard InChI is InChI=1S/C21H17BrN2O4/c22-18-10-9-17(27-18)20(25)24-19(28-21(23)26)11-16-14-7-3-1-5-12(14)13-6-2-4-8-15(13)16/h1-10,16,19H,11H2,(H2,23,26)(H,24,25). The molecule has 142 valence electrons. The van der Waals surface area contributed by atoms with E-state index in [0.29, 0.717) is 11.1 Å². The van der Waals surface area contributed by atoms with Crippen LogP contribution < -0.4 is 11.1 Å². The van der Waals surface area contributed by atoms with Crippen LogP contribution in [0.2, 0.25) is 0 Å². The normalized spacial score (nSPS) is 13.5. The fourth-order valence-corrected chi connectivity index (χ4v) is 3.96. The lowest BCUT2D eigenvalue weighted by atomic mass is 9.93. The van der Waals surface area contributed by atoms with Gasteiger partial charge in [0.1, 0.15) is 0 Å². The minimum Gasteiger partial charge on any atom is -0.444 e. The molecule has 3 aromatic rings. The van der Waals surface area contributed by atoms with Crippen molar-refractivity contribution in [1.29, 1.82) is 0 Å². The van der Waals surface area contributed by atoms with Gasteiger partial charge in [-0.3, -0.25) is 4.79 Å². The van der Waals surface area contributed by atoms with Crippen molar-refractivity contribution < 1.29 is 18.7 Å². The topological polar surface area (TPSA) is 94.6 Å². The number of halogens is 1. The molecule has 1 aromatic heterocycles. The second-order valence-electron chi connectivity index (χ2n) is 6.47. The molecule has 7 heteroatoms. The van der Waals surface area contributed by atoms with E-state index in [4.69, 9.17) is 14.9 Å². The number of ether oxygens (including phenoxy) is 1. The number of nitrogens with two attached hydrogens (primary N) is 1. The fourth-order valence-electron chi connectivity index (χ4n) is 3.66. The Morgan fingerprint density at radius 1 is 1.04 bits per heavy atom. The Labute approximate surface area is 169 Å². The van der Waals surface area contributed by atoms with Gasteiger partial charge in [-0.15, -0.1) is 0 Å². The summed E-state index contributed by atoms with van der Waals surface area (Å²) in [6.07, 6.45) is -1.51. The fraction of sp³-hybridized carbons (Fsp3) is 0.143. The molecule has 2 aromatic carbocycles. The van der Waals surface area contributed by atoms with E-state index in [1.807, 2.05) is 36.4 Å². The molecule has 0 fully saturated rings. The third kappa shape index (κ3) is 3.53. The summed E-state index contributed by atoms with van der Waals surface area (Å²) in [6, 6.07) is 19.3. The van der Waals surface area contributed by atoms with Crippen LogP contribution in [0.25, 0.3) is 11.1 Å². The number of amides is 2. The van der Waals surface area contributed by atoms with Gasteiger partial charge >= 0.3 is 6.09 Å². The quantitative estimate of drug-likeness (QED) is 0.574. The predicted octanol–water partition coefficient (Wildman–Crippen LogP) is 4.40. The van der Waals surface area contributed by atoms with Gasteiger partial charge in [-0.05, 0) is 50.3 Å². The number of rotatable bonds is 5. The van der Waals surface area contributed by atoms with Crippen molar-refractivity contribution in [2.45, 2.75) is 18.6 Å². The van der Waals surface area contributed by atoms with Crippen LogP contribution in [0.5, 0.6) is 0 Å². The lowest BCUT2D eigenvalue weighted by Crippen LogP contribution is -2.40. The van der Waals surface area contributed by atoms with Crippen LogP contribution in [0, 0.1) is 0 Å². The zero-order valence-corrected chi connectivity index (χ0v) is 16.3. The zero-order valence-electron chi connectivity index (χ0n) is 14.7. The van der Waals surface area contributed by atoms with Crippen molar-refractivity contribution in [1.82, 2.24) is 5.32 Å². The summed E-state index contributed by atoms with van der Waals surface area (Å²) in [5, 5.41) is 2.69. The SMILES string of the molecule is NC(=O)OC(CC1c2ccccc2-c2ccccc21)NC(=O)c1ccc(Br)o1. The molecule has 0 spiro atoms. The first-order valence-corrected chi connectivity index (χ1v) is 9.52. The van der Waals surface area contributed by atoms with Gasteiger partial charge < -0.3 is 20.2 Å². The number of hydrogen-bond acceptors (Lipinski definition) is 4. The van der Waals surface area contributed by atoms with E-state index in [-0.39, 0.29) is 11.7 Å². The van der Waals surface area contributed by atoms with E-state index in [1.165, 1.54) is 6.07 Å². The summed E-state index contributed by atoms with van der Waals surface area (Å²) in [4.78, 5) is 23.9. The van der Waals surface area contributed by atoms with Crippen LogP contribution in [0.1, 0.15) is 34.0 Å². The molecule has 1 aliphatic rings. The summed E-state index contributed by atoms with van der Waals surface area (Å²) >= 11 is 3.16. The largest absolute Gasteiger partial charge is 0.444 e. The molecule has 1 heterocycles. The molecule has 6 nitrogen and oxygen atoms in total. The number of hydrogen-bond donors (Lipinski definition) is 2. The summed E-state index contributed by atoms with van der Waals surface area (Å²) in [6.45, 7) is 0. The van der Waals surface area contributed by atoms with Crippen LogP contribution >= 0.6 is 15.9 Å². The van der Waals surface area contributed by atoms with Gasteiger partial charge in [-0.1, -0.05) is 48.5 Å². The van der Waals surface area contributed by atoms with Crippen LogP contribution in [-0.4, -0.2) is 18.2 Å². The molecule has 0 saturated heterocycles. The molecular formula is C21H17BrN2O4. The Morgan fingerprint density at radius 2 is 1.64 bits per heavy atom. The highest BCUT2D eigenvalue weighted by molar-refractivity contribution is 9.10. The van der Waals surface area contributed by atoms with Crippen LogP contribution in [0.15, 0.2) is 69.8 Å². The van der Waals surface area contributed by atoms with E-state index in [2.05, 4.69) is 33.4 Å². The molecule has 1 unspecified atom stereocenters. The predicted molar refractivity (Wildman–Crippen MR) is 107 cm³/mol. The van der Waals surface area contributed by atoms with Crippen molar-refractivity contribution in [3.05, 3.63) is 82.2 Å². The third-order valence-electron chi connectivity index (χ3n) is 4.76. The van der Waals surface area contributed by atoms with E-state index >= 15 is 0 Å². The van der Waals surface area contributed by atoms with Crippen molar-refractivity contribution in [2.24, 2.45) is 5.73 Å². The highest BCUT2D eigenvalue weighted by Crippen LogP contribution is 2.46. The lowest BCUT2D eigenvalue weighted by molar-refractivity contribution is 0.0606. The number of benzene rings is 2. The van der Waals surface area contributed by atoms with Crippen LogP contribution in [0.3, 0.4) is 0 Å². The summed E-state index contributed by atoms with van der Waals surface area (Å²) in [7, 11) is 0. The third-order valence-corrected chi connectivity index (χ3v) is 5.19. The van der Waals surface area contributed by atoms with Gasteiger partial charge in [-0.25, -0.2) is 4.79 Å². The maximum absolute atomic E-state index is 12.5. The number of fused-ring (bicyclic) bond motifs is 3. The number of carbonyl (C=O) groups is 2. The van der Waals surface area contributed by atoms with E-state index in [9.17, 15) is 9.59 Å². The van der Waals surface area contributed by atoms with Gasteiger partial charge in [0.25, 0.3) is 5.91 Å². The lowest BCUT2D eigenvalue weighted by Gasteiger charge is -2.22. The second kappa shape index (κ2) is 7.52. The van der Waals surface area contributed by atoms with E-state index in [1.54, 1.807) is 6.07 Å². The highest BCUT2D eigenvalue weighted by atomic mass is 79.9. The number of nitrogens with one attached hydrogen (secondary N) is 1. The van der Waals surface area contributed by atoms with Crippen molar-refractivity contribution in [3.8, 4) is 11.1 Å². The van der Waals surface area contributed by atoms with E-state index in [0.717, 1.165) is 22.3 Å². The first-order valence-electron chi connectivity index (χ1n) is 8.73. The summed E-state index contributed by atoms with van der Waals surface area (Å²) < 4.78 is 10.9. The molecule has 0 saturated carbocycles. The average Bonchev–Trinajstić information content (AvgIpc) is 3.24. The minimum atomic E-state index is -0.953. The van der Waals surface area contributed by atoms with E-state index < -0.39 is 18.2 Å². The first-order chi connectivity index (χ1) is 13.5. The molecule has 0 bridgehead atoms. The van der Waals surface area contributed by atoms with Crippen molar-refractivity contribution in [3.63, 3.8) is 0 Å². The van der Waals surface area contributed by atoms with Gasteiger partial charge in [0.2, 0.25) is 0 Å². The maximum atomic E-state index is 12.5. The van der Waals surface area contributed by atoms with Crippen LogP contribution in [-0.2, 0) is 4.74 Å². The monoisotopic (exact) mass is 440 g/mol. The highest BCUT2D eigenvalue weighted by Gasteiger charge is 2.32. The molecule has 1 aliphatic carbocycles. The molecule has 4 rings (SSSR count). The molecular weight excluding hydrogens is 424 g/mol. The Morgan fingerprint density at radius 3 is 2.18 bits per heavy atom. The summed E-state index contributed by atoms with van der Waals surface area (Å²) in [5.41, 5.74) is 9.76. The van der Waals surface area contributed by atoms with Crippen molar-refractivity contribution >= 4 is 27.9 Å². The van der Waals surface area contributed by atoms with Crippen molar-refractivity contribution in [2.75, 3.05) is 0 Å². The van der Waals surface area contributed by atoms with Crippen LogP contribution in [0.4, 0.5) is 4.79 Å².